The van der Waals surface area contributed by atoms with Crippen molar-refractivity contribution in [2.24, 2.45) is 7.05 Å². The molecule has 0 aliphatic rings. The molecule has 7 nitrogen and oxygen atoms in total. The number of benzene rings is 1. The van der Waals surface area contributed by atoms with Gasteiger partial charge < -0.3 is 20.3 Å². The molecule has 10 heteroatoms. The fourth-order valence-corrected chi connectivity index (χ4v) is 1.97. The molecule has 0 fully saturated rings. The number of rotatable bonds is 3. The highest BCUT2D eigenvalue weighted by molar-refractivity contribution is 6.39. The van der Waals surface area contributed by atoms with Crippen molar-refractivity contribution < 1.29 is 27.9 Å². The summed E-state index contributed by atoms with van der Waals surface area (Å²) in [5.41, 5.74) is 0.405. The number of imidazole rings is 1. The maximum Gasteiger partial charge on any atom is 0.449 e. The molecule has 124 valence electrons. The number of nitrogens with zero attached hydrogens (tertiary/aromatic N) is 2. The van der Waals surface area contributed by atoms with E-state index in [1.807, 2.05) is 0 Å². The summed E-state index contributed by atoms with van der Waals surface area (Å²) in [5, 5.41) is 13.0. The highest BCUT2D eigenvalue weighted by Crippen LogP contribution is 2.31. The number of carbonyl (C=O) groups excluding carboxylic acids is 2. The maximum absolute atomic E-state index is 12.8. The number of aromatic nitrogens is 2. The molecule has 23 heavy (non-hydrogen) atoms. The highest BCUT2D eigenvalue weighted by atomic mass is 19.4. The summed E-state index contributed by atoms with van der Waals surface area (Å²) in [5.74, 6) is -3.02. The first-order valence-electron chi connectivity index (χ1n) is 6.47. The molecule has 2 aromatic rings. The van der Waals surface area contributed by atoms with Crippen LogP contribution in [-0.2, 0) is 22.8 Å². The van der Waals surface area contributed by atoms with Gasteiger partial charge in [0, 0.05) is 19.3 Å². The van der Waals surface area contributed by atoms with Crippen LogP contribution < -0.4 is 10.6 Å². The molecule has 0 saturated carbocycles. The molecule has 3 N–H and O–H groups in total. The average molecular weight is 330 g/mol. The third kappa shape index (κ3) is 3.59. The number of carbonyl (C=O) groups is 2. The number of hydrogen-bond donors (Lipinski definition) is 3. The van der Waals surface area contributed by atoms with E-state index in [-0.39, 0.29) is 29.9 Å². The van der Waals surface area contributed by atoms with E-state index in [4.69, 9.17) is 5.11 Å². The molecule has 1 aromatic carbocycles. The standard InChI is InChI=1S/C13H13F3N4O3/c1-20-9-3-2-7(18-11(23)10(22)17-4-5-21)6-8(9)19-12(20)13(14,15)16/h2-3,6,21H,4-5H2,1H3,(H,17,22)(H,18,23). The molecule has 0 spiro atoms. The molecule has 0 radical (unpaired) electrons. The first-order chi connectivity index (χ1) is 10.7. The van der Waals surface area contributed by atoms with Gasteiger partial charge in [-0.1, -0.05) is 0 Å². The number of amides is 2. The summed E-state index contributed by atoms with van der Waals surface area (Å²) < 4.78 is 39.3. The Bertz CT molecular complexity index is 755. The Balaban J connectivity index is 2.24. The van der Waals surface area contributed by atoms with Gasteiger partial charge in [-0.2, -0.15) is 13.2 Å². The minimum atomic E-state index is -4.60. The molecular formula is C13H13F3N4O3. The number of hydrogen-bond acceptors (Lipinski definition) is 4. The van der Waals surface area contributed by atoms with E-state index in [1.165, 1.54) is 25.2 Å². The molecule has 0 aliphatic carbocycles. The lowest BCUT2D eigenvalue weighted by Gasteiger charge is -2.06. The van der Waals surface area contributed by atoms with Crippen LogP contribution in [-0.4, -0.2) is 39.6 Å². The van der Waals surface area contributed by atoms with Gasteiger partial charge in [0.15, 0.2) is 0 Å². The Morgan fingerprint density at radius 3 is 2.61 bits per heavy atom. The number of anilines is 1. The zero-order valence-corrected chi connectivity index (χ0v) is 11.9. The normalized spacial score (nSPS) is 11.5. The summed E-state index contributed by atoms with van der Waals surface area (Å²) >= 11 is 0. The summed E-state index contributed by atoms with van der Waals surface area (Å²) in [6, 6.07) is 3.96. The van der Waals surface area contributed by atoms with Crippen LogP contribution in [0.3, 0.4) is 0 Å². The zero-order chi connectivity index (χ0) is 17.2. The summed E-state index contributed by atoms with van der Waals surface area (Å²) in [4.78, 5) is 26.4. The highest BCUT2D eigenvalue weighted by Gasteiger charge is 2.36. The SMILES string of the molecule is Cn1c(C(F)(F)F)nc2cc(NC(=O)C(=O)NCCO)ccc21. The largest absolute Gasteiger partial charge is 0.449 e. The fourth-order valence-electron chi connectivity index (χ4n) is 1.97. The van der Waals surface area contributed by atoms with Gasteiger partial charge in [-0.3, -0.25) is 9.59 Å². The van der Waals surface area contributed by atoms with Crippen LogP contribution in [0.15, 0.2) is 18.2 Å². The van der Waals surface area contributed by atoms with Gasteiger partial charge in [0.2, 0.25) is 5.82 Å². The van der Waals surface area contributed by atoms with Gasteiger partial charge in [-0.15, -0.1) is 0 Å². The van der Waals surface area contributed by atoms with E-state index in [2.05, 4.69) is 15.6 Å². The number of nitrogens with one attached hydrogen (secondary N) is 2. The molecule has 1 heterocycles. The lowest BCUT2D eigenvalue weighted by Crippen LogP contribution is -2.36. The Hall–Kier alpha value is -2.62. The molecule has 0 unspecified atom stereocenters. The van der Waals surface area contributed by atoms with Crippen molar-refractivity contribution in [3.05, 3.63) is 24.0 Å². The third-order valence-electron chi connectivity index (χ3n) is 3.00. The topological polar surface area (TPSA) is 96.2 Å². The number of fused-ring (bicyclic) bond motifs is 1. The molecule has 0 bridgehead atoms. The van der Waals surface area contributed by atoms with E-state index in [0.717, 1.165) is 4.57 Å². The van der Waals surface area contributed by atoms with Gasteiger partial charge in [-0.05, 0) is 18.2 Å². The lowest BCUT2D eigenvalue weighted by molar-refractivity contribution is -0.146. The Morgan fingerprint density at radius 1 is 1.30 bits per heavy atom. The van der Waals surface area contributed by atoms with Crippen molar-refractivity contribution in [2.75, 3.05) is 18.5 Å². The monoisotopic (exact) mass is 330 g/mol. The van der Waals surface area contributed by atoms with Gasteiger partial charge in [0.25, 0.3) is 0 Å². The van der Waals surface area contributed by atoms with Crippen LogP contribution in [0, 0.1) is 0 Å². The average Bonchev–Trinajstić information content (AvgIpc) is 2.81. The minimum absolute atomic E-state index is 0.0355. The van der Waals surface area contributed by atoms with E-state index in [1.54, 1.807) is 0 Å². The van der Waals surface area contributed by atoms with E-state index < -0.39 is 23.8 Å². The third-order valence-corrected chi connectivity index (χ3v) is 3.00. The number of aryl methyl sites for hydroxylation is 1. The predicted octanol–water partition coefficient (Wildman–Crippen LogP) is 0.639. The van der Waals surface area contributed by atoms with Crippen LogP contribution in [0.25, 0.3) is 11.0 Å². The van der Waals surface area contributed by atoms with Gasteiger partial charge in [0.1, 0.15) is 0 Å². The first kappa shape index (κ1) is 16.7. The maximum atomic E-state index is 12.8. The van der Waals surface area contributed by atoms with Crippen LogP contribution >= 0.6 is 0 Å². The number of aliphatic hydroxyl groups excluding tert-OH is 1. The predicted molar refractivity (Wildman–Crippen MR) is 74.4 cm³/mol. The van der Waals surface area contributed by atoms with Gasteiger partial charge in [-0.25, -0.2) is 4.98 Å². The second kappa shape index (κ2) is 6.24. The quantitative estimate of drug-likeness (QED) is 0.720. The Kier molecular flexibility index (Phi) is 4.55. The van der Waals surface area contributed by atoms with Crippen LogP contribution in [0.5, 0.6) is 0 Å². The van der Waals surface area contributed by atoms with Crippen molar-refractivity contribution in [3.63, 3.8) is 0 Å². The molecule has 2 rings (SSSR count). The first-order valence-corrected chi connectivity index (χ1v) is 6.47. The summed E-state index contributed by atoms with van der Waals surface area (Å²) in [6.07, 6.45) is -4.60. The second-order valence-corrected chi connectivity index (χ2v) is 4.63. The summed E-state index contributed by atoms with van der Waals surface area (Å²) in [6.45, 7) is -0.403. The van der Waals surface area contributed by atoms with E-state index in [0.29, 0.717) is 0 Å². The van der Waals surface area contributed by atoms with Crippen molar-refractivity contribution >= 4 is 28.5 Å². The second-order valence-electron chi connectivity index (χ2n) is 4.63. The fraction of sp³-hybridized carbons (Fsp3) is 0.308. The smallest absolute Gasteiger partial charge is 0.395 e. The van der Waals surface area contributed by atoms with Crippen LogP contribution in [0.4, 0.5) is 18.9 Å². The molecule has 0 aliphatic heterocycles. The molecule has 1 aromatic heterocycles. The van der Waals surface area contributed by atoms with E-state index in [9.17, 15) is 22.8 Å². The lowest BCUT2D eigenvalue weighted by atomic mass is 10.2. The zero-order valence-electron chi connectivity index (χ0n) is 11.9. The van der Waals surface area contributed by atoms with Gasteiger partial charge in [0.05, 0.1) is 17.6 Å². The molecule has 2 amide bonds. The Labute approximate surface area is 128 Å². The number of aliphatic hydroxyl groups is 1. The summed E-state index contributed by atoms with van der Waals surface area (Å²) in [7, 11) is 1.23. The van der Waals surface area contributed by atoms with Crippen molar-refractivity contribution in [2.45, 2.75) is 6.18 Å². The van der Waals surface area contributed by atoms with Crippen LogP contribution in [0.1, 0.15) is 5.82 Å². The number of alkyl halides is 3. The van der Waals surface area contributed by atoms with Crippen molar-refractivity contribution in [1.29, 1.82) is 0 Å². The van der Waals surface area contributed by atoms with Crippen molar-refractivity contribution in [1.82, 2.24) is 14.9 Å². The number of halogens is 3. The molecule has 0 saturated heterocycles. The molecular weight excluding hydrogens is 317 g/mol. The molecule has 0 atom stereocenters. The van der Waals surface area contributed by atoms with Crippen LogP contribution in [0.2, 0.25) is 0 Å². The van der Waals surface area contributed by atoms with Crippen molar-refractivity contribution in [3.8, 4) is 0 Å². The van der Waals surface area contributed by atoms with E-state index >= 15 is 0 Å². The van der Waals surface area contributed by atoms with Gasteiger partial charge >= 0.3 is 18.0 Å². The minimum Gasteiger partial charge on any atom is -0.395 e. The Morgan fingerprint density at radius 2 is 2.00 bits per heavy atom.